The quantitative estimate of drug-likeness (QED) is 0.341. The van der Waals surface area contributed by atoms with Gasteiger partial charge in [0.05, 0.1) is 34.5 Å². The van der Waals surface area contributed by atoms with E-state index in [1.54, 1.807) is 27.8 Å². The van der Waals surface area contributed by atoms with Crippen molar-refractivity contribution < 1.29 is 9.90 Å². The molecule has 0 atom stereocenters. The molecule has 0 bridgehead atoms. The summed E-state index contributed by atoms with van der Waals surface area (Å²) in [4.78, 5) is 15.5. The van der Waals surface area contributed by atoms with E-state index >= 15 is 0 Å². The third-order valence-corrected chi connectivity index (χ3v) is 7.40. The van der Waals surface area contributed by atoms with Gasteiger partial charge in [-0.3, -0.25) is 4.79 Å². The molecule has 0 radical (unpaired) electrons. The minimum absolute atomic E-state index is 0.00865. The van der Waals surface area contributed by atoms with E-state index in [0.717, 1.165) is 11.1 Å². The standard InChI is InChI=1S/C29H24Cl2N4O2/c30-22-12-10-20(11-13-22)27-23(14-17-32)26(33-35(27)25-9-5-4-8-24(25)31)28(36)34-18-15-29(37,16-19-34)21-6-2-1-3-7-21/h1-13,37H,14-16,18-19H2. The molecule has 1 N–H and O–H groups in total. The Balaban J connectivity index is 1.55. The van der Waals surface area contributed by atoms with Gasteiger partial charge in [-0.1, -0.05) is 77.8 Å². The molecule has 0 unspecified atom stereocenters. The predicted octanol–water partition coefficient (Wildman–Crippen LogP) is 6.04. The first-order valence-electron chi connectivity index (χ1n) is 12.0. The van der Waals surface area contributed by atoms with Gasteiger partial charge in [0.15, 0.2) is 5.69 Å². The Morgan fingerprint density at radius 1 is 0.973 bits per heavy atom. The maximum absolute atomic E-state index is 13.8. The van der Waals surface area contributed by atoms with Crippen molar-refractivity contribution in [1.29, 1.82) is 5.26 Å². The van der Waals surface area contributed by atoms with Crippen molar-refractivity contribution in [3.05, 3.63) is 106 Å². The molecular weight excluding hydrogens is 507 g/mol. The molecule has 1 fully saturated rings. The number of nitrogens with zero attached hydrogens (tertiary/aromatic N) is 4. The smallest absolute Gasteiger partial charge is 0.274 e. The molecule has 3 aromatic carbocycles. The number of benzene rings is 3. The Hall–Kier alpha value is -3.63. The van der Waals surface area contributed by atoms with Crippen LogP contribution >= 0.6 is 23.2 Å². The minimum atomic E-state index is -0.987. The van der Waals surface area contributed by atoms with Gasteiger partial charge in [-0.15, -0.1) is 0 Å². The van der Waals surface area contributed by atoms with E-state index in [1.165, 1.54) is 0 Å². The van der Waals surface area contributed by atoms with Crippen LogP contribution in [-0.2, 0) is 12.0 Å². The highest BCUT2D eigenvalue weighted by Gasteiger charge is 2.37. The van der Waals surface area contributed by atoms with Crippen LogP contribution in [0.4, 0.5) is 0 Å². The number of halogens is 2. The molecule has 1 aliphatic rings. The third-order valence-electron chi connectivity index (χ3n) is 6.83. The lowest BCUT2D eigenvalue weighted by Gasteiger charge is -2.38. The topological polar surface area (TPSA) is 82.2 Å². The zero-order chi connectivity index (χ0) is 26.0. The molecule has 0 aliphatic carbocycles. The summed E-state index contributed by atoms with van der Waals surface area (Å²) in [7, 11) is 0. The first-order chi connectivity index (χ1) is 17.9. The van der Waals surface area contributed by atoms with Crippen LogP contribution < -0.4 is 0 Å². The van der Waals surface area contributed by atoms with Gasteiger partial charge < -0.3 is 10.0 Å². The summed E-state index contributed by atoms with van der Waals surface area (Å²) in [6.45, 7) is 0.733. The minimum Gasteiger partial charge on any atom is -0.385 e. The Bertz CT molecular complexity index is 1470. The Morgan fingerprint density at radius 2 is 1.62 bits per heavy atom. The lowest BCUT2D eigenvalue weighted by atomic mass is 9.84. The van der Waals surface area contributed by atoms with Crippen LogP contribution in [0, 0.1) is 11.3 Å². The van der Waals surface area contributed by atoms with E-state index in [1.807, 2.05) is 60.7 Å². The first kappa shape index (κ1) is 25.0. The molecule has 37 heavy (non-hydrogen) atoms. The van der Waals surface area contributed by atoms with E-state index < -0.39 is 5.60 Å². The van der Waals surface area contributed by atoms with Crippen LogP contribution in [-0.4, -0.2) is 38.8 Å². The number of amides is 1. The van der Waals surface area contributed by atoms with E-state index in [9.17, 15) is 15.2 Å². The van der Waals surface area contributed by atoms with E-state index in [0.29, 0.717) is 52.9 Å². The van der Waals surface area contributed by atoms with Gasteiger partial charge in [0, 0.05) is 29.2 Å². The number of hydrogen-bond donors (Lipinski definition) is 1. The molecule has 1 aromatic heterocycles. The molecule has 4 aromatic rings. The van der Waals surface area contributed by atoms with Crippen molar-refractivity contribution in [2.24, 2.45) is 0 Å². The Morgan fingerprint density at radius 3 is 2.27 bits per heavy atom. The second-order valence-electron chi connectivity index (χ2n) is 9.07. The van der Waals surface area contributed by atoms with Crippen LogP contribution in [0.25, 0.3) is 16.9 Å². The summed E-state index contributed by atoms with van der Waals surface area (Å²) in [5.41, 5.74) is 2.57. The zero-order valence-corrected chi connectivity index (χ0v) is 21.5. The fourth-order valence-electron chi connectivity index (χ4n) is 4.84. The van der Waals surface area contributed by atoms with Crippen LogP contribution in [0.5, 0.6) is 0 Å². The van der Waals surface area contributed by atoms with Gasteiger partial charge in [0.2, 0.25) is 0 Å². The number of piperidine rings is 1. The summed E-state index contributed by atoms with van der Waals surface area (Å²) in [6.07, 6.45) is 0.808. The Kier molecular flexibility index (Phi) is 7.03. The molecule has 1 saturated heterocycles. The molecular formula is C29H24Cl2N4O2. The van der Waals surface area contributed by atoms with Crippen molar-refractivity contribution in [2.75, 3.05) is 13.1 Å². The van der Waals surface area contributed by atoms with Gasteiger partial charge in [0.1, 0.15) is 0 Å². The highest BCUT2D eigenvalue weighted by atomic mass is 35.5. The summed E-state index contributed by atoms with van der Waals surface area (Å²) < 4.78 is 1.63. The number of carbonyl (C=O) groups excluding carboxylic acids is 1. The second-order valence-corrected chi connectivity index (χ2v) is 9.91. The summed E-state index contributed by atoms with van der Waals surface area (Å²) in [5.74, 6) is -0.277. The van der Waals surface area contributed by atoms with Crippen LogP contribution in [0.15, 0.2) is 78.9 Å². The monoisotopic (exact) mass is 530 g/mol. The number of likely N-dealkylation sites (tertiary alicyclic amines) is 1. The van der Waals surface area contributed by atoms with Crippen molar-refractivity contribution in [2.45, 2.75) is 24.9 Å². The number of aromatic nitrogens is 2. The number of aliphatic hydroxyl groups is 1. The second kappa shape index (κ2) is 10.4. The normalized spacial score (nSPS) is 14.8. The maximum Gasteiger partial charge on any atom is 0.274 e. The van der Waals surface area contributed by atoms with Crippen molar-refractivity contribution >= 4 is 29.1 Å². The van der Waals surface area contributed by atoms with Crippen LogP contribution in [0.1, 0.15) is 34.5 Å². The largest absolute Gasteiger partial charge is 0.385 e. The molecule has 1 aliphatic heterocycles. The number of rotatable bonds is 5. The van der Waals surface area contributed by atoms with E-state index in [2.05, 4.69) is 6.07 Å². The highest BCUT2D eigenvalue weighted by Crippen LogP contribution is 2.36. The highest BCUT2D eigenvalue weighted by molar-refractivity contribution is 6.32. The van der Waals surface area contributed by atoms with Gasteiger partial charge in [-0.2, -0.15) is 10.4 Å². The Labute approximate surface area is 225 Å². The number of nitriles is 1. The third kappa shape index (κ3) is 4.86. The fraction of sp³-hybridized carbons (Fsp3) is 0.207. The number of hydrogen-bond acceptors (Lipinski definition) is 4. The average Bonchev–Trinajstić information content (AvgIpc) is 3.29. The van der Waals surface area contributed by atoms with E-state index in [-0.39, 0.29) is 18.0 Å². The summed E-state index contributed by atoms with van der Waals surface area (Å²) in [6, 6.07) is 26.2. The fourth-order valence-corrected chi connectivity index (χ4v) is 5.18. The molecule has 186 valence electrons. The molecule has 2 heterocycles. The van der Waals surface area contributed by atoms with Crippen molar-refractivity contribution in [1.82, 2.24) is 14.7 Å². The molecule has 8 heteroatoms. The number of carbonyl (C=O) groups is 1. The molecule has 1 amide bonds. The van der Waals surface area contributed by atoms with Crippen molar-refractivity contribution in [3.8, 4) is 23.0 Å². The SMILES string of the molecule is N#CCc1c(C(=O)N2CCC(O)(c3ccccc3)CC2)nn(-c2ccccc2Cl)c1-c1ccc(Cl)cc1. The number of para-hydroxylation sites is 1. The van der Waals surface area contributed by atoms with Gasteiger partial charge in [0.25, 0.3) is 5.91 Å². The summed E-state index contributed by atoms with van der Waals surface area (Å²) >= 11 is 12.7. The van der Waals surface area contributed by atoms with Crippen LogP contribution in [0.3, 0.4) is 0 Å². The van der Waals surface area contributed by atoms with Crippen molar-refractivity contribution in [3.63, 3.8) is 0 Å². The zero-order valence-electron chi connectivity index (χ0n) is 19.9. The van der Waals surface area contributed by atoms with Gasteiger partial charge in [-0.25, -0.2) is 4.68 Å². The lowest BCUT2D eigenvalue weighted by Crippen LogP contribution is -2.45. The van der Waals surface area contributed by atoms with E-state index in [4.69, 9.17) is 28.3 Å². The maximum atomic E-state index is 13.8. The molecule has 6 nitrogen and oxygen atoms in total. The van der Waals surface area contributed by atoms with Gasteiger partial charge >= 0.3 is 0 Å². The predicted molar refractivity (Wildman–Crippen MR) is 144 cm³/mol. The van der Waals surface area contributed by atoms with Crippen LogP contribution in [0.2, 0.25) is 10.0 Å². The lowest BCUT2D eigenvalue weighted by molar-refractivity contribution is -0.0213. The summed E-state index contributed by atoms with van der Waals surface area (Å²) in [5, 5.41) is 26.7. The molecule has 5 rings (SSSR count). The molecule has 0 saturated carbocycles. The molecule has 0 spiro atoms. The average molecular weight is 531 g/mol. The first-order valence-corrected chi connectivity index (χ1v) is 12.7. The van der Waals surface area contributed by atoms with Gasteiger partial charge in [-0.05, 0) is 42.7 Å².